The lowest BCUT2D eigenvalue weighted by molar-refractivity contribution is -0.131. The zero-order valence-corrected chi connectivity index (χ0v) is 7.90. The molecule has 3 heteroatoms. The molecule has 1 aliphatic heterocycles. The van der Waals surface area contributed by atoms with Gasteiger partial charge in [-0.3, -0.25) is 0 Å². The summed E-state index contributed by atoms with van der Waals surface area (Å²) < 4.78 is 5.26. The summed E-state index contributed by atoms with van der Waals surface area (Å²) in [5, 5.41) is 8.35. The van der Waals surface area contributed by atoms with Crippen molar-refractivity contribution < 1.29 is 14.6 Å². The van der Waals surface area contributed by atoms with Crippen LogP contribution in [0.15, 0.2) is 12.2 Å². The monoisotopic (exact) mass is 184 g/mol. The number of hydrogen-bond donors (Lipinski definition) is 1. The molecule has 2 unspecified atom stereocenters. The van der Waals surface area contributed by atoms with Gasteiger partial charge in [0.05, 0.1) is 6.10 Å². The van der Waals surface area contributed by atoms with E-state index in [2.05, 4.69) is 6.92 Å². The SMILES string of the molecule is CCCCCC1OC1C=CC(=O)O. The molecule has 1 saturated heterocycles. The highest BCUT2D eigenvalue weighted by atomic mass is 16.6. The van der Waals surface area contributed by atoms with Crippen molar-refractivity contribution in [2.24, 2.45) is 0 Å². The van der Waals surface area contributed by atoms with Gasteiger partial charge in [-0.05, 0) is 12.5 Å². The third-order valence-corrected chi connectivity index (χ3v) is 2.14. The van der Waals surface area contributed by atoms with Crippen LogP contribution in [-0.4, -0.2) is 23.3 Å². The predicted molar refractivity (Wildman–Crippen MR) is 49.6 cm³/mol. The average Bonchev–Trinajstić information content (AvgIpc) is 2.81. The van der Waals surface area contributed by atoms with Gasteiger partial charge in [0, 0.05) is 6.08 Å². The second-order valence-corrected chi connectivity index (χ2v) is 3.33. The Kier molecular flexibility index (Phi) is 3.96. The standard InChI is InChI=1S/C10H16O3/c1-2-3-4-5-8-9(13-8)6-7-10(11)12/h6-9H,2-5H2,1H3,(H,11,12). The maximum absolute atomic E-state index is 10.2. The van der Waals surface area contributed by atoms with Crippen LogP contribution in [-0.2, 0) is 9.53 Å². The van der Waals surface area contributed by atoms with Crippen LogP contribution in [0.25, 0.3) is 0 Å². The normalized spacial score (nSPS) is 26.5. The van der Waals surface area contributed by atoms with Gasteiger partial charge in [0.15, 0.2) is 0 Å². The molecule has 1 fully saturated rings. The van der Waals surface area contributed by atoms with Gasteiger partial charge in [0.2, 0.25) is 0 Å². The van der Waals surface area contributed by atoms with Gasteiger partial charge in [-0.15, -0.1) is 0 Å². The highest BCUT2D eigenvalue weighted by Crippen LogP contribution is 2.28. The van der Waals surface area contributed by atoms with E-state index in [-0.39, 0.29) is 12.2 Å². The quantitative estimate of drug-likeness (QED) is 0.390. The molecule has 0 bridgehead atoms. The largest absolute Gasteiger partial charge is 0.478 e. The van der Waals surface area contributed by atoms with E-state index in [0.717, 1.165) is 12.5 Å². The van der Waals surface area contributed by atoms with Gasteiger partial charge < -0.3 is 9.84 Å². The molecule has 0 aromatic heterocycles. The number of aliphatic carboxylic acids is 1. The molecule has 1 rings (SSSR count). The molecule has 0 spiro atoms. The van der Waals surface area contributed by atoms with E-state index in [1.54, 1.807) is 6.08 Å². The van der Waals surface area contributed by atoms with Crippen molar-refractivity contribution >= 4 is 5.97 Å². The van der Waals surface area contributed by atoms with Crippen LogP contribution in [0.3, 0.4) is 0 Å². The molecule has 2 atom stereocenters. The number of hydrogen-bond acceptors (Lipinski definition) is 2. The molecule has 0 saturated carbocycles. The van der Waals surface area contributed by atoms with Crippen LogP contribution in [0.5, 0.6) is 0 Å². The molecule has 0 amide bonds. The summed E-state index contributed by atoms with van der Waals surface area (Å²) in [4.78, 5) is 10.2. The summed E-state index contributed by atoms with van der Waals surface area (Å²) in [5.74, 6) is -0.900. The van der Waals surface area contributed by atoms with Crippen LogP contribution < -0.4 is 0 Å². The summed E-state index contributed by atoms with van der Waals surface area (Å²) >= 11 is 0. The lowest BCUT2D eigenvalue weighted by Gasteiger charge is -1.92. The summed E-state index contributed by atoms with van der Waals surface area (Å²) in [6.45, 7) is 2.16. The van der Waals surface area contributed by atoms with Crippen molar-refractivity contribution in [2.45, 2.75) is 44.8 Å². The van der Waals surface area contributed by atoms with Gasteiger partial charge in [-0.25, -0.2) is 4.79 Å². The Morgan fingerprint density at radius 3 is 2.92 bits per heavy atom. The number of ether oxygens (including phenoxy) is 1. The maximum Gasteiger partial charge on any atom is 0.328 e. The minimum atomic E-state index is -0.900. The fraction of sp³-hybridized carbons (Fsp3) is 0.700. The summed E-state index contributed by atoms with van der Waals surface area (Å²) in [7, 11) is 0. The van der Waals surface area contributed by atoms with Crippen molar-refractivity contribution in [1.82, 2.24) is 0 Å². The van der Waals surface area contributed by atoms with Gasteiger partial charge >= 0.3 is 5.97 Å². The zero-order valence-electron chi connectivity index (χ0n) is 7.90. The van der Waals surface area contributed by atoms with Crippen molar-refractivity contribution in [3.05, 3.63) is 12.2 Å². The predicted octanol–water partition coefficient (Wildman–Crippen LogP) is 1.97. The molecule has 0 aliphatic carbocycles. The molecule has 0 aromatic rings. The van der Waals surface area contributed by atoms with E-state index >= 15 is 0 Å². The van der Waals surface area contributed by atoms with Gasteiger partial charge in [0.1, 0.15) is 6.10 Å². The van der Waals surface area contributed by atoms with E-state index in [0.29, 0.717) is 0 Å². The lowest BCUT2D eigenvalue weighted by atomic mass is 10.1. The van der Waals surface area contributed by atoms with Crippen molar-refractivity contribution in [3.63, 3.8) is 0 Å². The first kappa shape index (κ1) is 10.3. The van der Waals surface area contributed by atoms with E-state index in [1.165, 1.54) is 19.3 Å². The van der Waals surface area contributed by atoms with Crippen LogP contribution in [0.1, 0.15) is 32.6 Å². The van der Waals surface area contributed by atoms with E-state index < -0.39 is 5.97 Å². The van der Waals surface area contributed by atoms with E-state index in [9.17, 15) is 4.79 Å². The maximum atomic E-state index is 10.2. The van der Waals surface area contributed by atoms with E-state index in [4.69, 9.17) is 9.84 Å². The topological polar surface area (TPSA) is 49.8 Å². The smallest absolute Gasteiger partial charge is 0.328 e. The second kappa shape index (κ2) is 5.02. The van der Waals surface area contributed by atoms with Crippen LogP contribution in [0.4, 0.5) is 0 Å². The number of carbonyl (C=O) groups is 1. The number of epoxide rings is 1. The highest BCUT2D eigenvalue weighted by Gasteiger charge is 2.35. The number of rotatable bonds is 6. The Bertz CT molecular complexity index is 198. The lowest BCUT2D eigenvalue weighted by Crippen LogP contribution is -1.93. The minimum Gasteiger partial charge on any atom is -0.478 e. The zero-order chi connectivity index (χ0) is 9.68. The van der Waals surface area contributed by atoms with Crippen molar-refractivity contribution in [1.29, 1.82) is 0 Å². The third-order valence-electron chi connectivity index (χ3n) is 2.14. The molecule has 1 N–H and O–H groups in total. The molecule has 13 heavy (non-hydrogen) atoms. The molecule has 74 valence electrons. The van der Waals surface area contributed by atoms with Gasteiger partial charge in [-0.2, -0.15) is 0 Å². The first-order chi connectivity index (χ1) is 6.24. The summed E-state index contributed by atoms with van der Waals surface area (Å²) in [6.07, 6.45) is 7.80. The Balaban J connectivity index is 2.05. The first-order valence-electron chi connectivity index (χ1n) is 4.80. The summed E-state index contributed by atoms with van der Waals surface area (Å²) in [5.41, 5.74) is 0. The second-order valence-electron chi connectivity index (χ2n) is 3.33. The van der Waals surface area contributed by atoms with Crippen molar-refractivity contribution in [3.8, 4) is 0 Å². The number of unbranched alkanes of at least 4 members (excludes halogenated alkanes) is 2. The van der Waals surface area contributed by atoms with Crippen LogP contribution in [0.2, 0.25) is 0 Å². The Morgan fingerprint density at radius 1 is 1.54 bits per heavy atom. The molecule has 1 aliphatic rings. The fourth-order valence-corrected chi connectivity index (χ4v) is 1.33. The molecule has 3 nitrogen and oxygen atoms in total. The Labute approximate surface area is 78.4 Å². The van der Waals surface area contributed by atoms with Crippen LogP contribution >= 0.6 is 0 Å². The van der Waals surface area contributed by atoms with Gasteiger partial charge in [-0.1, -0.05) is 26.2 Å². The highest BCUT2D eigenvalue weighted by molar-refractivity contribution is 5.79. The Morgan fingerprint density at radius 2 is 2.31 bits per heavy atom. The summed E-state index contributed by atoms with van der Waals surface area (Å²) in [6, 6.07) is 0. The Hall–Kier alpha value is -0.830. The van der Waals surface area contributed by atoms with Crippen molar-refractivity contribution in [2.75, 3.05) is 0 Å². The van der Waals surface area contributed by atoms with Crippen LogP contribution in [0, 0.1) is 0 Å². The minimum absolute atomic E-state index is 0.0629. The number of carboxylic acids is 1. The number of carboxylic acid groups (broad SMARTS) is 1. The molecular formula is C10H16O3. The third kappa shape index (κ3) is 4.08. The molecule has 0 radical (unpaired) electrons. The average molecular weight is 184 g/mol. The molecule has 0 aromatic carbocycles. The molecular weight excluding hydrogens is 168 g/mol. The fourth-order valence-electron chi connectivity index (χ4n) is 1.33. The molecule has 1 heterocycles. The first-order valence-corrected chi connectivity index (χ1v) is 4.80. The van der Waals surface area contributed by atoms with E-state index in [1.807, 2.05) is 0 Å². The van der Waals surface area contributed by atoms with Gasteiger partial charge in [0.25, 0.3) is 0 Å².